The average molecular weight is 381 g/mol. The van der Waals surface area contributed by atoms with Crippen LogP contribution in [0.15, 0.2) is 30.1 Å². The maximum atomic E-state index is 14.7. The summed E-state index contributed by atoms with van der Waals surface area (Å²) < 4.78 is 69.6. The molecule has 1 unspecified atom stereocenters. The van der Waals surface area contributed by atoms with Gasteiger partial charge in [0.25, 0.3) is 0 Å². The highest BCUT2D eigenvalue weighted by molar-refractivity contribution is 7.90. The number of carboxylic acid groups (broad SMARTS) is 1. The fraction of sp³-hybridized carbons (Fsp3) is 0.438. The van der Waals surface area contributed by atoms with E-state index >= 15 is 0 Å². The van der Waals surface area contributed by atoms with Gasteiger partial charge in [0.2, 0.25) is 5.83 Å². The number of benzene rings is 1. The van der Waals surface area contributed by atoms with E-state index in [1.165, 1.54) is 0 Å². The van der Waals surface area contributed by atoms with E-state index in [1.807, 2.05) is 0 Å². The lowest BCUT2D eigenvalue weighted by atomic mass is 9.87. The third-order valence-electron chi connectivity index (χ3n) is 3.42. The molecule has 0 bridgehead atoms. The molecule has 1 aromatic carbocycles. The smallest absolute Gasteiger partial charge is 0.364 e. The summed E-state index contributed by atoms with van der Waals surface area (Å²) in [6.45, 7) is 5.71. The summed E-state index contributed by atoms with van der Waals surface area (Å²) >= 11 is -1.95. The molecule has 140 valence electrons. The first kappa shape index (κ1) is 21.5. The van der Waals surface area contributed by atoms with Crippen molar-refractivity contribution in [2.24, 2.45) is 0 Å². The molecule has 0 amide bonds. The van der Waals surface area contributed by atoms with Gasteiger partial charge < -0.3 is 9.66 Å². The van der Waals surface area contributed by atoms with Crippen LogP contribution in [-0.4, -0.2) is 26.5 Å². The number of hydrogen-bond donors (Lipinski definition) is 2. The number of rotatable bonds is 6. The zero-order valence-corrected chi connectivity index (χ0v) is 14.9. The first-order valence-electron chi connectivity index (χ1n) is 7.19. The minimum absolute atomic E-state index is 0.111. The van der Waals surface area contributed by atoms with Gasteiger partial charge in [-0.3, -0.25) is 0 Å². The Balaban J connectivity index is 3.48. The molecule has 25 heavy (non-hydrogen) atoms. The minimum Gasteiger partial charge on any atom is -0.598 e. The number of halogens is 4. The largest absolute Gasteiger partial charge is 0.598 e. The Morgan fingerprint density at radius 1 is 1.32 bits per heavy atom. The van der Waals surface area contributed by atoms with Gasteiger partial charge in [0.1, 0.15) is 16.5 Å². The van der Waals surface area contributed by atoms with E-state index in [2.05, 4.69) is 4.72 Å². The van der Waals surface area contributed by atoms with E-state index in [9.17, 15) is 26.9 Å². The van der Waals surface area contributed by atoms with Crippen LogP contribution in [0.3, 0.4) is 0 Å². The van der Waals surface area contributed by atoms with Gasteiger partial charge in [0, 0.05) is 16.9 Å². The predicted molar refractivity (Wildman–Crippen MR) is 86.5 cm³/mol. The SMILES string of the molecule is CC(C)(C)[S+]([O-])N[C@](C)(c1cccc(F)c1F)[C@@H](F)/C=C(\F)C(=O)O. The number of hydrogen-bond acceptors (Lipinski definition) is 3. The predicted octanol–water partition coefficient (Wildman–Crippen LogP) is 3.51. The normalized spacial score (nSPS) is 17.7. The molecule has 0 aliphatic rings. The second-order valence-corrected chi connectivity index (χ2v) is 8.47. The Bertz CT molecular complexity index is 678. The van der Waals surface area contributed by atoms with Crippen LogP contribution < -0.4 is 4.72 Å². The molecule has 0 spiro atoms. The average Bonchev–Trinajstić information content (AvgIpc) is 2.48. The van der Waals surface area contributed by atoms with Crippen LogP contribution in [0.25, 0.3) is 0 Å². The van der Waals surface area contributed by atoms with Gasteiger partial charge in [-0.2, -0.15) is 4.39 Å². The third kappa shape index (κ3) is 4.96. The fourth-order valence-electron chi connectivity index (χ4n) is 1.88. The molecule has 1 aromatic rings. The molecule has 0 radical (unpaired) electrons. The van der Waals surface area contributed by atoms with Crippen LogP contribution in [-0.2, 0) is 21.7 Å². The Labute approximate surface area is 146 Å². The second kappa shape index (κ2) is 7.76. The van der Waals surface area contributed by atoms with E-state index in [-0.39, 0.29) is 6.08 Å². The molecule has 3 atom stereocenters. The highest BCUT2D eigenvalue weighted by Crippen LogP contribution is 2.34. The molecule has 0 aromatic heterocycles. The lowest BCUT2D eigenvalue weighted by Gasteiger charge is -2.36. The minimum atomic E-state index is -2.45. The van der Waals surface area contributed by atoms with Crippen LogP contribution in [0.5, 0.6) is 0 Å². The van der Waals surface area contributed by atoms with Crippen LogP contribution >= 0.6 is 0 Å². The van der Waals surface area contributed by atoms with Crippen LogP contribution in [0, 0.1) is 11.6 Å². The lowest BCUT2D eigenvalue weighted by Crippen LogP contribution is -2.54. The van der Waals surface area contributed by atoms with Crippen LogP contribution in [0.2, 0.25) is 0 Å². The van der Waals surface area contributed by atoms with Crippen LogP contribution in [0.4, 0.5) is 17.6 Å². The Morgan fingerprint density at radius 3 is 2.36 bits per heavy atom. The monoisotopic (exact) mass is 381 g/mol. The van der Waals surface area contributed by atoms with E-state index < -0.39 is 56.8 Å². The van der Waals surface area contributed by atoms with Crippen molar-refractivity contribution < 1.29 is 32.0 Å². The van der Waals surface area contributed by atoms with Gasteiger partial charge in [-0.1, -0.05) is 12.1 Å². The van der Waals surface area contributed by atoms with E-state index in [1.54, 1.807) is 20.8 Å². The summed E-state index contributed by atoms with van der Waals surface area (Å²) in [6, 6.07) is 2.96. The van der Waals surface area contributed by atoms with E-state index in [0.717, 1.165) is 25.1 Å². The molecule has 0 aliphatic heterocycles. The molecule has 4 nitrogen and oxygen atoms in total. The number of aliphatic carboxylic acids is 1. The molecule has 9 heteroatoms. The second-order valence-electron chi connectivity index (χ2n) is 6.51. The molecule has 0 saturated carbocycles. The summed E-state index contributed by atoms with van der Waals surface area (Å²) in [5.74, 6) is -6.50. The van der Waals surface area contributed by atoms with E-state index in [4.69, 9.17) is 5.11 Å². The van der Waals surface area contributed by atoms with Crippen molar-refractivity contribution in [3.05, 3.63) is 47.3 Å². The Kier molecular flexibility index (Phi) is 6.66. The molecule has 1 rings (SSSR count). The summed E-state index contributed by atoms with van der Waals surface area (Å²) in [5, 5.41) is 8.55. The highest BCUT2D eigenvalue weighted by Gasteiger charge is 2.45. The topological polar surface area (TPSA) is 72.4 Å². The van der Waals surface area contributed by atoms with E-state index in [0.29, 0.717) is 0 Å². The van der Waals surface area contributed by atoms with Gasteiger partial charge >= 0.3 is 5.97 Å². The maximum absolute atomic E-state index is 14.7. The van der Waals surface area contributed by atoms with Gasteiger partial charge in [0.05, 0.1) is 0 Å². The van der Waals surface area contributed by atoms with Crippen molar-refractivity contribution >= 4 is 17.3 Å². The van der Waals surface area contributed by atoms with Crippen molar-refractivity contribution in [1.29, 1.82) is 0 Å². The quantitative estimate of drug-likeness (QED) is 0.449. The molecule has 0 heterocycles. The summed E-state index contributed by atoms with van der Waals surface area (Å²) in [4.78, 5) is 10.6. The molecule has 0 fully saturated rings. The van der Waals surface area contributed by atoms with Gasteiger partial charge in [-0.15, -0.1) is 4.72 Å². The third-order valence-corrected chi connectivity index (χ3v) is 5.14. The summed E-state index contributed by atoms with van der Waals surface area (Å²) in [7, 11) is 0. The molecule has 0 aliphatic carbocycles. The molecule has 0 saturated heterocycles. The van der Waals surface area contributed by atoms with Crippen molar-refractivity contribution in [2.45, 2.75) is 44.2 Å². The highest BCUT2D eigenvalue weighted by atomic mass is 32.2. The fourth-order valence-corrected chi connectivity index (χ4v) is 2.79. The first-order valence-corrected chi connectivity index (χ1v) is 8.34. The Morgan fingerprint density at radius 2 is 1.88 bits per heavy atom. The standard InChI is InChI=1S/C16H19F4NO3S/c1-15(2,3)25(24)21-16(4,12(19)8-11(18)14(22)23)9-6-5-7-10(17)13(9)20/h5-8,12,21H,1-4H3,(H,22,23)/b11-8-/t12-,16+,25?/m0/s1. The summed E-state index contributed by atoms with van der Waals surface area (Å²) in [6.07, 6.45) is -2.34. The first-order chi connectivity index (χ1) is 11.3. The Hall–Kier alpha value is -1.58. The number of carbonyl (C=O) groups is 1. The number of nitrogens with one attached hydrogen (secondary N) is 1. The molecule has 2 N–H and O–H groups in total. The zero-order chi connectivity index (χ0) is 19.6. The van der Waals surface area contributed by atoms with Gasteiger partial charge in [0.15, 0.2) is 11.6 Å². The van der Waals surface area contributed by atoms with Crippen molar-refractivity contribution in [3.8, 4) is 0 Å². The lowest BCUT2D eigenvalue weighted by molar-refractivity contribution is -0.134. The number of carboxylic acids is 1. The summed E-state index contributed by atoms with van der Waals surface area (Å²) in [5.41, 5.74) is -2.73. The van der Waals surface area contributed by atoms with Crippen molar-refractivity contribution in [3.63, 3.8) is 0 Å². The van der Waals surface area contributed by atoms with Crippen molar-refractivity contribution in [2.75, 3.05) is 0 Å². The van der Waals surface area contributed by atoms with Gasteiger partial charge in [-0.05, 0) is 39.8 Å². The molecular weight excluding hydrogens is 362 g/mol. The molecular formula is C16H19F4NO3S. The number of alkyl halides is 1. The van der Waals surface area contributed by atoms with Gasteiger partial charge in [-0.25, -0.2) is 18.0 Å². The maximum Gasteiger partial charge on any atom is 0.364 e. The van der Waals surface area contributed by atoms with Crippen molar-refractivity contribution in [1.82, 2.24) is 4.72 Å². The zero-order valence-electron chi connectivity index (χ0n) is 14.1. The van der Waals surface area contributed by atoms with Crippen LogP contribution in [0.1, 0.15) is 33.3 Å².